The molecule has 1 heterocycles. The number of nitrogens with one attached hydrogen (secondary N) is 1. The minimum Gasteiger partial charge on any atom is -0.505 e. The number of nitrogens with zero attached hydrogens (tertiary/aromatic N) is 2. The zero-order chi connectivity index (χ0) is 31.8. The molecule has 0 spiro atoms. The Hall–Kier alpha value is -5.75. The molecule has 8 heteroatoms. The van der Waals surface area contributed by atoms with E-state index >= 15 is 0 Å². The number of aromatic nitrogens is 1. The maximum absolute atomic E-state index is 10.3. The highest BCUT2D eigenvalue weighted by Crippen LogP contribution is 2.40. The fourth-order valence-electron chi connectivity index (χ4n) is 5.86. The van der Waals surface area contributed by atoms with E-state index in [2.05, 4.69) is 71.0 Å². The molecule has 0 unspecified atom stereocenters. The molecule has 0 fully saturated rings. The zero-order valence-corrected chi connectivity index (χ0v) is 24.6. The van der Waals surface area contributed by atoms with Crippen LogP contribution in [0.1, 0.15) is 5.56 Å². The molecular weight excluding hydrogens is 563 g/mol. The number of pyridine rings is 1. The summed E-state index contributed by atoms with van der Waals surface area (Å²) in [5.41, 5.74) is 6.61. The van der Waals surface area contributed by atoms with E-state index in [-0.39, 0.29) is 22.1 Å². The Morgan fingerprint density at radius 2 is 1.09 bits per heavy atom. The fraction of sp³-hybridized carbons (Fsp3) is 0. The molecule has 212 valence electrons. The lowest BCUT2D eigenvalue weighted by molar-refractivity contribution is 0.410. The number of benzene rings is 6. The number of hydrogen-bond donors (Lipinski definition) is 3. The van der Waals surface area contributed by atoms with Crippen molar-refractivity contribution in [1.82, 2.24) is 4.98 Å². The number of aromatic hydroxyl groups is 2. The van der Waals surface area contributed by atoms with Crippen molar-refractivity contribution in [3.63, 3.8) is 0 Å². The van der Waals surface area contributed by atoms with Gasteiger partial charge in [-0.2, -0.15) is 0 Å². The van der Waals surface area contributed by atoms with Gasteiger partial charge in [0.1, 0.15) is 29.3 Å². The monoisotopic (exact) mass is 587 g/mol. The van der Waals surface area contributed by atoms with E-state index in [0.29, 0.717) is 11.4 Å². The van der Waals surface area contributed by atoms with Gasteiger partial charge >= 0.3 is 0 Å². The Balaban J connectivity index is 1.34. The standard InChI is InChI=1S/C38H24B3N3O2/c39-33-34(40)37(45)38(46)35(41)36(33)44-31-12-6-5-11-30(31)43-21-29-25-7-1-3-9-27(25)32(28-10-4-2-8-26(28)29)24-15-13-22(14-16-24)23-17-19-42-20-18-23/h1-21,44-46H. The van der Waals surface area contributed by atoms with E-state index in [1.807, 2.05) is 54.7 Å². The van der Waals surface area contributed by atoms with Gasteiger partial charge in [0.25, 0.3) is 0 Å². The predicted molar refractivity (Wildman–Crippen MR) is 193 cm³/mol. The van der Waals surface area contributed by atoms with Gasteiger partial charge in [0.05, 0.1) is 11.4 Å². The number of phenolic OH excluding ortho intramolecular Hbond substituents is 2. The van der Waals surface area contributed by atoms with Crippen LogP contribution < -0.4 is 21.7 Å². The molecule has 0 saturated carbocycles. The fourth-order valence-corrected chi connectivity index (χ4v) is 5.86. The molecule has 6 radical (unpaired) electrons. The molecule has 0 bridgehead atoms. The van der Waals surface area contributed by atoms with Crippen molar-refractivity contribution in [2.75, 3.05) is 5.32 Å². The van der Waals surface area contributed by atoms with Gasteiger partial charge in [0.15, 0.2) is 5.75 Å². The highest BCUT2D eigenvalue weighted by molar-refractivity contribution is 6.56. The third kappa shape index (κ3) is 5.08. The zero-order valence-electron chi connectivity index (χ0n) is 24.6. The second-order valence-corrected chi connectivity index (χ2v) is 10.9. The first-order valence-electron chi connectivity index (χ1n) is 14.6. The molecular formula is C38H24B3N3O2. The Kier molecular flexibility index (Phi) is 7.55. The third-order valence-corrected chi connectivity index (χ3v) is 8.22. The van der Waals surface area contributed by atoms with E-state index in [4.69, 9.17) is 28.5 Å². The molecule has 46 heavy (non-hydrogen) atoms. The maximum atomic E-state index is 10.3. The Morgan fingerprint density at radius 1 is 0.565 bits per heavy atom. The van der Waals surface area contributed by atoms with Gasteiger partial charge in [0.2, 0.25) is 0 Å². The molecule has 3 N–H and O–H groups in total. The average molecular weight is 587 g/mol. The van der Waals surface area contributed by atoms with Crippen molar-refractivity contribution in [3.8, 4) is 33.8 Å². The van der Waals surface area contributed by atoms with Gasteiger partial charge in [-0.15, -0.1) is 0 Å². The van der Waals surface area contributed by atoms with Crippen molar-refractivity contribution in [2.45, 2.75) is 0 Å². The highest BCUT2D eigenvalue weighted by Gasteiger charge is 2.17. The topological polar surface area (TPSA) is 77.7 Å². The molecule has 0 aliphatic heterocycles. The first kappa shape index (κ1) is 29.0. The van der Waals surface area contributed by atoms with E-state index < -0.39 is 11.5 Å². The molecule has 6 aromatic carbocycles. The van der Waals surface area contributed by atoms with Gasteiger partial charge < -0.3 is 15.5 Å². The molecule has 5 nitrogen and oxygen atoms in total. The number of aliphatic imine (C=N–C) groups is 1. The molecule has 0 saturated heterocycles. The van der Waals surface area contributed by atoms with Crippen molar-refractivity contribution in [1.29, 1.82) is 0 Å². The van der Waals surface area contributed by atoms with Crippen LogP contribution in [0.4, 0.5) is 17.1 Å². The van der Waals surface area contributed by atoms with E-state index in [1.54, 1.807) is 12.4 Å². The Labute approximate surface area is 270 Å². The van der Waals surface area contributed by atoms with E-state index in [0.717, 1.165) is 49.4 Å². The van der Waals surface area contributed by atoms with Crippen LogP contribution in [-0.4, -0.2) is 45.0 Å². The number of hydrogen-bond acceptors (Lipinski definition) is 5. The van der Waals surface area contributed by atoms with Gasteiger partial charge in [0, 0.05) is 29.9 Å². The summed E-state index contributed by atoms with van der Waals surface area (Å²) in [6.07, 6.45) is 5.48. The number of anilines is 2. The average Bonchev–Trinajstić information content (AvgIpc) is 3.11. The lowest BCUT2D eigenvalue weighted by Crippen LogP contribution is -2.34. The summed E-state index contributed by atoms with van der Waals surface area (Å²) >= 11 is 0. The van der Waals surface area contributed by atoms with Gasteiger partial charge in [-0.25, -0.2) is 0 Å². The molecule has 7 aromatic rings. The SMILES string of the molecule is [B]c1c([B])c(Nc2ccccc2N=Cc2c3ccccc3c(-c3ccc(-c4ccncc4)cc3)c3ccccc23)c([B])c(O)c1O. The molecule has 0 atom stereocenters. The Bertz CT molecular complexity index is 2200. The summed E-state index contributed by atoms with van der Waals surface area (Å²) in [7, 11) is 18.2. The molecule has 7 rings (SSSR count). The van der Waals surface area contributed by atoms with Crippen molar-refractivity contribution < 1.29 is 10.2 Å². The lowest BCUT2D eigenvalue weighted by Gasteiger charge is -2.20. The summed E-state index contributed by atoms with van der Waals surface area (Å²) in [6.45, 7) is 0. The van der Waals surface area contributed by atoms with Gasteiger partial charge in [-0.3, -0.25) is 9.98 Å². The molecule has 0 aliphatic carbocycles. The number of para-hydroxylation sites is 2. The van der Waals surface area contributed by atoms with Gasteiger partial charge in [-0.05, 0) is 73.5 Å². The first-order chi connectivity index (χ1) is 22.4. The van der Waals surface area contributed by atoms with Crippen LogP contribution in [0.15, 0.2) is 127 Å². The van der Waals surface area contributed by atoms with Gasteiger partial charge in [-0.1, -0.05) is 95.9 Å². The summed E-state index contributed by atoms with van der Waals surface area (Å²) in [4.78, 5) is 9.07. The minimum atomic E-state index is -0.557. The Morgan fingerprint density at radius 3 is 1.74 bits per heavy atom. The number of fused-ring (bicyclic) bond motifs is 2. The first-order valence-corrected chi connectivity index (χ1v) is 14.6. The lowest BCUT2D eigenvalue weighted by atomic mass is 9.74. The molecule has 0 aliphatic rings. The number of rotatable bonds is 6. The van der Waals surface area contributed by atoms with Crippen LogP contribution in [0, 0.1) is 0 Å². The van der Waals surface area contributed by atoms with Crippen molar-refractivity contribution in [3.05, 3.63) is 127 Å². The largest absolute Gasteiger partial charge is 0.505 e. The van der Waals surface area contributed by atoms with E-state index in [9.17, 15) is 10.2 Å². The third-order valence-electron chi connectivity index (χ3n) is 8.22. The van der Waals surface area contributed by atoms with Crippen LogP contribution >= 0.6 is 0 Å². The second-order valence-electron chi connectivity index (χ2n) is 10.9. The summed E-state index contributed by atoms with van der Waals surface area (Å²) < 4.78 is 0. The van der Waals surface area contributed by atoms with Crippen LogP contribution in [0.5, 0.6) is 11.5 Å². The van der Waals surface area contributed by atoms with Crippen molar-refractivity contribution in [2.24, 2.45) is 4.99 Å². The predicted octanol–water partition coefficient (Wildman–Crippen LogP) is 6.01. The molecule has 1 aromatic heterocycles. The van der Waals surface area contributed by atoms with Crippen LogP contribution in [0.25, 0.3) is 43.8 Å². The second kappa shape index (κ2) is 12.0. The van der Waals surface area contributed by atoms with E-state index in [1.165, 1.54) is 0 Å². The summed E-state index contributed by atoms with van der Waals surface area (Å²) in [5.74, 6) is -1.10. The van der Waals surface area contributed by atoms with Crippen LogP contribution in [0.2, 0.25) is 0 Å². The minimum absolute atomic E-state index is 0.0213. The smallest absolute Gasteiger partial charge is 0.151 e. The van der Waals surface area contributed by atoms with Crippen LogP contribution in [0.3, 0.4) is 0 Å². The number of phenols is 2. The maximum Gasteiger partial charge on any atom is 0.151 e. The molecule has 0 amide bonds. The summed E-state index contributed by atoms with van der Waals surface area (Å²) in [5, 5.41) is 27.8. The highest BCUT2D eigenvalue weighted by atomic mass is 16.3. The van der Waals surface area contributed by atoms with Crippen LogP contribution in [-0.2, 0) is 0 Å². The quantitative estimate of drug-likeness (QED) is 0.0733. The normalized spacial score (nSPS) is 11.4. The summed E-state index contributed by atoms with van der Waals surface area (Å²) in [6, 6.07) is 36.8. The van der Waals surface area contributed by atoms with Crippen molar-refractivity contribution >= 4 is 84.7 Å².